The molecule has 0 spiro atoms. The largest absolute Gasteiger partial charge is 0.368 e. The van der Waals surface area contributed by atoms with E-state index in [1.54, 1.807) is 30.3 Å². The van der Waals surface area contributed by atoms with Crippen molar-refractivity contribution in [2.75, 3.05) is 29.4 Å². The molecule has 2 aliphatic heterocycles. The molecule has 0 aliphatic carbocycles. The number of non-ortho nitro benzene ring substituents is 1. The van der Waals surface area contributed by atoms with Gasteiger partial charge in [0.1, 0.15) is 5.82 Å². The zero-order valence-corrected chi connectivity index (χ0v) is 19.5. The van der Waals surface area contributed by atoms with Crippen molar-refractivity contribution in [2.45, 2.75) is 25.9 Å². The minimum atomic E-state index is -0.426. The van der Waals surface area contributed by atoms with Crippen LogP contribution in [0, 0.1) is 28.8 Å². The van der Waals surface area contributed by atoms with Gasteiger partial charge < -0.3 is 15.1 Å². The van der Waals surface area contributed by atoms with E-state index in [0.29, 0.717) is 25.1 Å². The van der Waals surface area contributed by atoms with Crippen LogP contribution in [0.2, 0.25) is 0 Å². The van der Waals surface area contributed by atoms with E-state index >= 15 is 0 Å². The number of piperazine rings is 1. The number of nitro groups is 1. The molecule has 2 aliphatic rings. The fourth-order valence-corrected chi connectivity index (χ4v) is 5.17. The lowest BCUT2D eigenvalue weighted by Gasteiger charge is -2.49. The SMILES string of the molecule is Cc1ccc(N2CCN3c4ccc([N+](=O)[O-])cc4C[C@@H](C(=O)NCc4ccccc4F)[C@@H]3C2)cc1. The number of aryl methyl sites for hydroxylation is 1. The van der Waals surface area contributed by atoms with Crippen LogP contribution in [0.25, 0.3) is 0 Å². The van der Waals surface area contributed by atoms with E-state index < -0.39 is 10.8 Å². The molecule has 0 saturated carbocycles. The zero-order chi connectivity index (χ0) is 24.5. The van der Waals surface area contributed by atoms with Gasteiger partial charge in [0.05, 0.1) is 16.9 Å². The van der Waals surface area contributed by atoms with E-state index in [-0.39, 0.29) is 30.0 Å². The van der Waals surface area contributed by atoms with Gasteiger partial charge in [-0.3, -0.25) is 14.9 Å². The second-order valence-electron chi connectivity index (χ2n) is 9.23. The molecule has 5 rings (SSSR count). The fraction of sp³-hybridized carbons (Fsp3) is 0.296. The Hall–Kier alpha value is -3.94. The summed E-state index contributed by atoms with van der Waals surface area (Å²) >= 11 is 0. The van der Waals surface area contributed by atoms with Crippen LogP contribution < -0.4 is 15.1 Å². The average Bonchev–Trinajstić information content (AvgIpc) is 2.87. The van der Waals surface area contributed by atoms with Crippen molar-refractivity contribution in [3.05, 3.63) is 99.4 Å². The molecular formula is C27H27FN4O3. The van der Waals surface area contributed by atoms with E-state index in [2.05, 4.69) is 46.3 Å². The van der Waals surface area contributed by atoms with Crippen molar-refractivity contribution in [1.82, 2.24) is 5.32 Å². The van der Waals surface area contributed by atoms with Gasteiger partial charge in [0.25, 0.3) is 5.69 Å². The molecule has 2 atom stereocenters. The number of nitro benzene ring substituents is 1. The number of nitrogens with one attached hydrogen (secondary N) is 1. The van der Waals surface area contributed by atoms with Crippen molar-refractivity contribution < 1.29 is 14.1 Å². The first kappa shape index (κ1) is 22.8. The molecule has 7 nitrogen and oxygen atoms in total. The summed E-state index contributed by atoms with van der Waals surface area (Å²) in [6.07, 6.45) is 0.392. The summed E-state index contributed by atoms with van der Waals surface area (Å²) in [6.45, 7) is 4.27. The van der Waals surface area contributed by atoms with Gasteiger partial charge in [-0.15, -0.1) is 0 Å². The van der Waals surface area contributed by atoms with Crippen LogP contribution in [0.1, 0.15) is 16.7 Å². The molecule has 0 unspecified atom stereocenters. The molecule has 1 amide bonds. The Labute approximate surface area is 203 Å². The summed E-state index contributed by atoms with van der Waals surface area (Å²) in [6, 6.07) is 19.5. The summed E-state index contributed by atoms with van der Waals surface area (Å²) in [5.74, 6) is -0.960. The van der Waals surface area contributed by atoms with Gasteiger partial charge in [-0.05, 0) is 43.2 Å². The van der Waals surface area contributed by atoms with Crippen LogP contribution in [0.3, 0.4) is 0 Å². The minimum Gasteiger partial charge on any atom is -0.368 e. The number of rotatable bonds is 5. The first-order chi connectivity index (χ1) is 16.9. The molecule has 0 radical (unpaired) electrons. The summed E-state index contributed by atoms with van der Waals surface area (Å²) in [5, 5.41) is 14.3. The summed E-state index contributed by atoms with van der Waals surface area (Å²) in [5.41, 5.74) is 4.48. The van der Waals surface area contributed by atoms with E-state index in [0.717, 1.165) is 23.5 Å². The summed E-state index contributed by atoms with van der Waals surface area (Å²) in [4.78, 5) is 28.9. The molecule has 3 aromatic rings. The van der Waals surface area contributed by atoms with E-state index in [1.807, 2.05) is 0 Å². The number of amides is 1. The second kappa shape index (κ2) is 9.37. The molecule has 8 heteroatoms. The molecule has 0 aromatic heterocycles. The van der Waals surface area contributed by atoms with Crippen molar-refractivity contribution in [3.8, 4) is 0 Å². The topological polar surface area (TPSA) is 78.7 Å². The van der Waals surface area contributed by atoms with Gasteiger partial charge in [0.15, 0.2) is 0 Å². The third-order valence-electron chi connectivity index (χ3n) is 7.05. The average molecular weight is 475 g/mol. The van der Waals surface area contributed by atoms with Crippen molar-refractivity contribution in [2.24, 2.45) is 5.92 Å². The second-order valence-corrected chi connectivity index (χ2v) is 9.23. The number of fused-ring (bicyclic) bond motifs is 3. The minimum absolute atomic E-state index is 0.0195. The predicted octanol–water partition coefficient (Wildman–Crippen LogP) is 4.23. The number of hydrogen-bond donors (Lipinski definition) is 1. The van der Waals surface area contributed by atoms with Gasteiger partial charge >= 0.3 is 0 Å². The Kier molecular flexibility index (Phi) is 6.11. The number of carbonyl (C=O) groups excluding carboxylic acids is 1. The van der Waals surface area contributed by atoms with Gasteiger partial charge in [0, 0.05) is 55.2 Å². The van der Waals surface area contributed by atoms with Crippen LogP contribution in [-0.4, -0.2) is 36.5 Å². The molecule has 2 heterocycles. The van der Waals surface area contributed by atoms with E-state index in [1.165, 1.54) is 17.7 Å². The number of benzene rings is 3. The van der Waals surface area contributed by atoms with Gasteiger partial charge in [-0.1, -0.05) is 35.9 Å². The highest BCUT2D eigenvalue weighted by Gasteiger charge is 2.42. The number of nitrogens with zero attached hydrogens (tertiary/aromatic N) is 3. The maximum atomic E-state index is 14.1. The molecular weight excluding hydrogens is 447 g/mol. The Morgan fingerprint density at radius 3 is 2.63 bits per heavy atom. The molecule has 1 N–H and O–H groups in total. The Morgan fingerprint density at radius 1 is 1.11 bits per heavy atom. The first-order valence-electron chi connectivity index (χ1n) is 11.8. The highest BCUT2D eigenvalue weighted by atomic mass is 19.1. The lowest BCUT2D eigenvalue weighted by atomic mass is 9.83. The van der Waals surface area contributed by atoms with Crippen LogP contribution >= 0.6 is 0 Å². The summed E-state index contributed by atoms with van der Waals surface area (Å²) in [7, 11) is 0. The highest BCUT2D eigenvalue weighted by molar-refractivity contribution is 5.82. The van der Waals surface area contributed by atoms with Crippen LogP contribution in [0.4, 0.5) is 21.5 Å². The predicted molar refractivity (Wildman–Crippen MR) is 133 cm³/mol. The molecule has 1 fully saturated rings. The fourth-order valence-electron chi connectivity index (χ4n) is 5.17. The number of halogens is 1. The monoisotopic (exact) mass is 474 g/mol. The maximum absolute atomic E-state index is 14.1. The number of hydrogen-bond acceptors (Lipinski definition) is 5. The number of carbonyl (C=O) groups is 1. The van der Waals surface area contributed by atoms with Crippen molar-refractivity contribution in [3.63, 3.8) is 0 Å². The van der Waals surface area contributed by atoms with Crippen molar-refractivity contribution in [1.29, 1.82) is 0 Å². The van der Waals surface area contributed by atoms with Crippen LogP contribution in [0.15, 0.2) is 66.7 Å². The van der Waals surface area contributed by atoms with Gasteiger partial charge in [0.2, 0.25) is 5.91 Å². The number of anilines is 2. The van der Waals surface area contributed by atoms with E-state index in [4.69, 9.17) is 0 Å². The lowest BCUT2D eigenvalue weighted by molar-refractivity contribution is -0.384. The van der Waals surface area contributed by atoms with Crippen LogP contribution in [0.5, 0.6) is 0 Å². The molecule has 1 saturated heterocycles. The first-order valence-corrected chi connectivity index (χ1v) is 11.8. The third kappa shape index (κ3) is 4.56. The standard InChI is InChI=1S/C27H27FN4O3/c1-18-6-8-21(9-7-18)30-12-13-31-25-11-10-22(32(34)35)14-20(25)15-23(26(31)17-30)27(33)29-16-19-4-2-3-5-24(19)28/h2-11,14,23,26H,12-13,15-17H2,1H3,(H,29,33)/t23-,26+/m1/s1. The lowest BCUT2D eigenvalue weighted by Crippen LogP contribution is -2.61. The quantitative estimate of drug-likeness (QED) is 0.442. The Morgan fingerprint density at radius 2 is 1.89 bits per heavy atom. The van der Waals surface area contributed by atoms with Gasteiger partial charge in [-0.25, -0.2) is 4.39 Å². The van der Waals surface area contributed by atoms with Gasteiger partial charge in [-0.2, -0.15) is 0 Å². The van der Waals surface area contributed by atoms with E-state index in [9.17, 15) is 19.3 Å². The normalized spacial score (nSPS) is 19.0. The zero-order valence-electron chi connectivity index (χ0n) is 19.5. The highest BCUT2D eigenvalue weighted by Crippen LogP contribution is 2.38. The Bertz CT molecular complexity index is 1260. The third-order valence-corrected chi connectivity index (χ3v) is 7.05. The molecule has 0 bridgehead atoms. The summed E-state index contributed by atoms with van der Waals surface area (Å²) < 4.78 is 14.1. The molecule has 3 aromatic carbocycles. The molecule has 180 valence electrons. The molecule has 35 heavy (non-hydrogen) atoms. The van der Waals surface area contributed by atoms with Crippen LogP contribution in [-0.2, 0) is 17.8 Å². The smallest absolute Gasteiger partial charge is 0.269 e. The van der Waals surface area contributed by atoms with Crippen molar-refractivity contribution >= 4 is 23.0 Å². The Balaban J connectivity index is 1.43. The maximum Gasteiger partial charge on any atom is 0.269 e.